The van der Waals surface area contributed by atoms with Crippen LogP contribution in [0.15, 0.2) is 46.7 Å². The highest BCUT2D eigenvalue weighted by atomic mass is 32.2. The van der Waals surface area contributed by atoms with Crippen LogP contribution in [0.25, 0.3) is 11.3 Å². The van der Waals surface area contributed by atoms with Crippen molar-refractivity contribution >= 4 is 38.1 Å². The Morgan fingerprint density at radius 2 is 2.00 bits per heavy atom. The second-order valence-electron chi connectivity index (χ2n) is 7.11. The van der Waals surface area contributed by atoms with Crippen molar-refractivity contribution in [3.05, 3.63) is 47.3 Å². The van der Waals surface area contributed by atoms with Crippen molar-refractivity contribution in [2.75, 3.05) is 23.8 Å². The Labute approximate surface area is 184 Å². The summed E-state index contributed by atoms with van der Waals surface area (Å²) in [6.45, 7) is 3.41. The minimum Gasteiger partial charge on any atom is -0.497 e. The van der Waals surface area contributed by atoms with E-state index in [0.29, 0.717) is 28.4 Å². The number of ether oxygens (including phenoxy) is 2. The van der Waals surface area contributed by atoms with Crippen molar-refractivity contribution in [2.24, 2.45) is 0 Å². The predicted molar refractivity (Wildman–Crippen MR) is 120 cm³/mol. The first kappa shape index (κ1) is 21.1. The zero-order valence-electron chi connectivity index (χ0n) is 17.4. The van der Waals surface area contributed by atoms with E-state index in [0.717, 1.165) is 5.56 Å². The Morgan fingerprint density at radius 1 is 1.23 bits per heavy atom. The second kappa shape index (κ2) is 7.86. The molecule has 2 aromatic carbocycles. The van der Waals surface area contributed by atoms with E-state index in [1.54, 1.807) is 55.4 Å². The van der Waals surface area contributed by atoms with Crippen LogP contribution in [0.5, 0.6) is 11.5 Å². The zero-order chi connectivity index (χ0) is 22.3. The number of aryl methyl sites for hydroxylation is 1. The summed E-state index contributed by atoms with van der Waals surface area (Å²) in [6.07, 6.45) is -0.537. The molecule has 0 radical (unpaired) electrons. The number of anilines is 2. The Balaban J connectivity index is 1.60. The lowest BCUT2D eigenvalue weighted by atomic mass is 10.1. The van der Waals surface area contributed by atoms with Crippen molar-refractivity contribution < 1.29 is 22.7 Å². The average molecular weight is 460 g/mol. The fourth-order valence-electron chi connectivity index (χ4n) is 3.34. The Kier molecular flexibility index (Phi) is 5.36. The molecule has 1 atom stereocenters. The van der Waals surface area contributed by atoms with Crippen molar-refractivity contribution in [2.45, 2.75) is 24.8 Å². The van der Waals surface area contributed by atoms with Gasteiger partial charge in [0.1, 0.15) is 11.5 Å². The third-order valence-electron chi connectivity index (χ3n) is 5.00. The monoisotopic (exact) mass is 459 g/mol. The van der Waals surface area contributed by atoms with Gasteiger partial charge in [0.25, 0.3) is 15.9 Å². The highest BCUT2D eigenvalue weighted by Gasteiger charge is 2.29. The maximum Gasteiger partial charge on any atom is 0.267 e. The molecule has 1 N–H and O–H groups in total. The number of carbonyl (C=O) groups is 1. The Bertz CT molecular complexity index is 1270. The van der Waals surface area contributed by atoms with Crippen molar-refractivity contribution in [3.63, 3.8) is 0 Å². The molecular formula is C21H21N3O5S2. The molecule has 162 valence electrons. The van der Waals surface area contributed by atoms with Crippen LogP contribution in [0.3, 0.4) is 0 Å². The van der Waals surface area contributed by atoms with Gasteiger partial charge < -0.3 is 14.4 Å². The van der Waals surface area contributed by atoms with Crippen LogP contribution in [0, 0.1) is 6.92 Å². The quantitative estimate of drug-likeness (QED) is 0.625. The third kappa shape index (κ3) is 3.96. The van der Waals surface area contributed by atoms with Crippen molar-refractivity contribution in [1.82, 2.24) is 4.98 Å². The van der Waals surface area contributed by atoms with E-state index in [1.807, 2.05) is 6.07 Å². The third-order valence-corrected chi connectivity index (χ3v) is 7.38. The largest absolute Gasteiger partial charge is 0.497 e. The molecule has 1 aromatic heterocycles. The number of benzene rings is 2. The molecule has 1 aliphatic heterocycles. The predicted octanol–water partition coefficient (Wildman–Crippen LogP) is 3.67. The first-order valence-electron chi connectivity index (χ1n) is 9.41. The van der Waals surface area contributed by atoms with Gasteiger partial charge in [-0.25, -0.2) is 13.4 Å². The van der Waals surface area contributed by atoms with Gasteiger partial charge in [-0.15, -0.1) is 11.3 Å². The molecule has 10 heteroatoms. The number of methoxy groups -OCH3 is 1. The second-order valence-corrected chi connectivity index (χ2v) is 9.62. The lowest BCUT2D eigenvalue weighted by molar-refractivity contribution is -0.125. The molecule has 0 bridgehead atoms. The smallest absolute Gasteiger partial charge is 0.267 e. The van der Waals surface area contributed by atoms with Crippen LogP contribution in [0.4, 0.5) is 10.8 Å². The summed E-state index contributed by atoms with van der Waals surface area (Å²) >= 11 is 1.18. The summed E-state index contributed by atoms with van der Waals surface area (Å²) in [4.78, 5) is 18.3. The number of carbonyl (C=O) groups excluding carboxylic acids is 1. The van der Waals surface area contributed by atoms with Gasteiger partial charge in [-0.3, -0.25) is 9.52 Å². The van der Waals surface area contributed by atoms with E-state index in [9.17, 15) is 13.2 Å². The van der Waals surface area contributed by atoms with E-state index < -0.39 is 16.1 Å². The van der Waals surface area contributed by atoms with Gasteiger partial charge in [-0.05, 0) is 55.8 Å². The van der Waals surface area contributed by atoms with Crippen molar-refractivity contribution in [1.29, 1.82) is 0 Å². The molecular weight excluding hydrogens is 438 g/mol. The highest BCUT2D eigenvalue weighted by Crippen LogP contribution is 2.37. The summed E-state index contributed by atoms with van der Waals surface area (Å²) < 4.78 is 39.0. The standard InChI is InChI=1S/C21H21N3O5S2/c1-12-9-15(28-4)6-8-19(12)31(26,27)23-21-22-16(11-30-21)14-5-7-18-17(10-14)24(3)20(25)13(2)29-18/h5-11,13H,1-4H3,(H,22,23). The molecule has 0 aliphatic carbocycles. The van der Waals surface area contributed by atoms with Gasteiger partial charge in [-0.1, -0.05) is 0 Å². The van der Waals surface area contributed by atoms with Gasteiger partial charge in [0.2, 0.25) is 0 Å². The number of likely N-dealkylation sites (N-methyl/N-ethyl adjacent to an activating group) is 1. The molecule has 1 unspecified atom stereocenters. The van der Waals surface area contributed by atoms with E-state index in [-0.39, 0.29) is 15.9 Å². The normalized spacial score (nSPS) is 15.9. The van der Waals surface area contributed by atoms with Crippen molar-refractivity contribution in [3.8, 4) is 22.8 Å². The maximum absolute atomic E-state index is 12.8. The maximum atomic E-state index is 12.8. The first-order valence-corrected chi connectivity index (χ1v) is 11.8. The molecule has 4 rings (SSSR count). The van der Waals surface area contributed by atoms with E-state index in [2.05, 4.69) is 9.71 Å². The van der Waals surface area contributed by atoms with Gasteiger partial charge >= 0.3 is 0 Å². The number of aromatic nitrogens is 1. The number of sulfonamides is 1. The number of rotatable bonds is 5. The summed E-state index contributed by atoms with van der Waals surface area (Å²) in [5, 5.41) is 2.01. The molecule has 31 heavy (non-hydrogen) atoms. The van der Waals surface area contributed by atoms with Crippen LogP contribution >= 0.6 is 11.3 Å². The summed E-state index contributed by atoms with van der Waals surface area (Å²) in [5.74, 6) is 1.07. The van der Waals surface area contributed by atoms with Gasteiger partial charge in [-0.2, -0.15) is 0 Å². The molecule has 8 nitrogen and oxygen atoms in total. The molecule has 0 saturated heterocycles. The fourth-order valence-corrected chi connectivity index (χ4v) is 5.54. The molecule has 0 spiro atoms. The van der Waals surface area contributed by atoms with E-state index in [1.165, 1.54) is 24.5 Å². The van der Waals surface area contributed by atoms with Crippen LogP contribution < -0.4 is 19.1 Å². The van der Waals surface area contributed by atoms with Gasteiger partial charge in [0.05, 0.1) is 23.4 Å². The molecule has 0 saturated carbocycles. The minimum atomic E-state index is -3.80. The molecule has 2 heterocycles. The van der Waals surface area contributed by atoms with Gasteiger partial charge in [0, 0.05) is 18.0 Å². The van der Waals surface area contributed by atoms with Crippen LogP contribution in [-0.4, -0.2) is 39.6 Å². The number of nitrogens with one attached hydrogen (secondary N) is 1. The fraction of sp³-hybridized carbons (Fsp3) is 0.238. The Morgan fingerprint density at radius 3 is 2.71 bits per heavy atom. The number of hydrogen-bond donors (Lipinski definition) is 1. The van der Waals surface area contributed by atoms with Crippen LogP contribution in [0.1, 0.15) is 12.5 Å². The van der Waals surface area contributed by atoms with Crippen LogP contribution in [0.2, 0.25) is 0 Å². The summed E-state index contributed by atoms with van der Waals surface area (Å²) in [6, 6.07) is 10.2. The Hall–Kier alpha value is -3.11. The van der Waals surface area contributed by atoms with E-state index in [4.69, 9.17) is 9.47 Å². The number of hydrogen-bond acceptors (Lipinski definition) is 7. The average Bonchev–Trinajstić information content (AvgIpc) is 3.19. The number of thiazole rings is 1. The highest BCUT2D eigenvalue weighted by molar-refractivity contribution is 7.93. The lowest BCUT2D eigenvalue weighted by Crippen LogP contribution is -2.41. The SMILES string of the molecule is COc1ccc(S(=O)(=O)Nc2nc(-c3ccc4c(c3)N(C)C(=O)C(C)O4)cs2)c(C)c1. The van der Waals surface area contributed by atoms with Gasteiger partial charge in [0.15, 0.2) is 11.2 Å². The van der Waals surface area contributed by atoms with E-state index >= 15 is 0 Å². The molecule has 3 aromatic rings. The zero-order valence-corrected chi connectivity index (χ0v) is 19.0. The molecule has 1 aliphatic rings. The minimum absolute atomic E-state index is 0.133. The first-order chi connectivity index (χ1) is 14.7. The lowest BCUT2D eigenvalue weighted by Gasteiger charge is -2.30. The summed E-state index contributed by atoms with van der Waals surface area (Å²) in [7, 11) is -0.582. The number of fused-ring (bicyclic) bond motifs is 1. The summed E-state index contributed by atoms with van der Waals surface area (Å²) in [5.41, 5.74) is 2.56. The topological polar surface area (TPSA) is 97.8 Å². The molecule has 0 fully saturated rings. The number of nitrogens with zero attached hydrogens (tertiary/aromatic N) is 2. The number of amides is 1. The molecule has 1 amide bonds. The van der Waals surface area contributed by atoms with Crippen LogP contribution in [-0.2, 0) is 14.8 Å².